The summed E-state index contributed by atoms with van der Waals surface area (Å²) in [4.78, 5) is -0.164. The van der Waals surface area contributed by atoms with Gasteiger partial charge in [-0.1, -0.05) is 26.0 Å². The van der Waals surface area contributed by atoms with E-state index in [2.05, 4.69) is 24.1 Å². The van der Waals surface area contributed by atoms with Gasteiger partial charge in [0.25, 0.3) is 10.1 Å². The molecule has 0 fully saturated rings. The summed E-state index contributed by atoms with van der Waals surface area (Å²) in [7, 11) is -4.17. The lowest BCUT2D eigenvalue weighted by Crippen LogP contribution is -1.96. The maximum absolute atomic E-state index is 10.9. The van der Waals surface area contributed by atoms with Crippen LogP contribution < -0.4 is 0 Å². The van der Waals surface area contributed by atoms with Crippen LogP contribution in [-0.2, 0) is 10.1 Å². The molecule has 0 aliphatic heterocycles. The van der Waals surface area contributed by atoms with Crippen molar-refractivity contribution in [1.29, 1.82) is 0 Å². The molecule has 0 aromatic heterocycles. The first-order chi connectivity index (χ1) is 9.86. The largest absolute Gasteiger partial charge is 0.294 e. The van der Waals surface area contributed by atoms with Gasteiger partial charge >= 0.3 is 0 Å². The van der Waals surface area contributed by atoms with Crippen LogP contribution in [0.25, 0.3) is 0 Å². The molecular weight excluding hydrogens is 288 g/mol. The van der Waals surface area contributed by atoms with E-state index in [1.54, 1.807) is 0 Å². The third-order valence-corrected chi connectivity index (χ3v) is 3.84. The molecule has 0 unspecified atom stereocenters. The first-order valence-corrected chi connectivity index (χ1v) is 7.89. The predicted octanol–water partition coefficient (Wildman–Crippen LogP) is 4.47. The SMILES string of the molecule is CC(C)c1ccc(N=Nc2ccc(S(=O)(=O)O)cc2)cc1. The van der Waals surface area contributed by atoms with E-state index in [0.29, 0.717) is 11.6 Å². The van der Waals surface area contributed by atoms with E-state index < -0.39 is 10.1 Å². The standard InChI is InChI=1S/C15H16N2O3S/c1-11(2)12-3-5-13(6-4-12)16-17-14-7-9-15(10-8-14)21(18,19)20/h3-11H,1-2H3,(H,18,19,20). The van der Waals surface area contributed by atoms with Crippen molar-refractivity contribution in [3.05, 3.63) is 54.1 Å². The summed E-state index contributed by atoms with van der Waals surface area (Å²) in [5.74, 6) is 0.462. The summed E-state index contributed by atoms with van der Waals surface area (Å²) in [6.07, 6.45) is 0. The van der Waals surface area contributed by atoms with Gasteiger partial charge in [0, 0.05) is 0 Å². The average Bonchev–Trinajstić information content (AvgIpc) is 2.45. The molecule has 0 aliphatic rings. The summed E-state index contributed by atoms with van der Waals surface area (Å²) >= 11 is 0. The molecular formula is C15H16N2O3S. The van der Waals surface area contributed by atoms with Crippen LogP contribution in [0.5, 0.6) is 0 Å². The first kappa shape index (κ1) is 15.3. The van der Waals surface area contributed by atoms with Gasteiger partial charge in [-0.15, -0.1) is 0 Å². The second-order valence-electron chi connectivity index (χ2n) is 4.92. The number of benzene rings is 2. The zero-order valence-electron chi connectivity index (χ0n) is 11.8. The molecule has 2 aromatic carbocycles. The molecule has 21 heavy (non-hydrogen) atoms. The van der Waals surface area contributed by atoms with Crippen molar-refractivity contribution in [2.45, 2.75) is 24.7 Å². The lowest BCUT2D eigenvalue weighted by atomic mass is 10.0. The number of azo groups is 1. The van der Waals surface area contributed by atoms with E-state index in [9.17, 15) is 8.42 Å². The summed E-state index contributed by atoms with van der Waals surface area (Å²) < 4.78 is 30.7. The Balaban J connectivity index is 2.14. The van der Waals surface area contributed by atoms with Crippen molar-refractivity contribution in [2.24, 2.45) is 10.2 Å². The van der Waals surface area contributed by atoms with Crippen molar-refractivity contribution >= 4 is 21.5 Å². The fraction of sp³-hybridized carbons (Fsp3) is 0.200. The average molecular weight is 304 g/mol. The Morgan fingerprint density at radius 3 is 1.67 bits per heavy atom. The summed E-state index contributed by atoms with van der Waals surface area (Å²) in [6, 6.07) is 13.3. The Labute approximate surface area is 124 Å². The van der Waals surface area contributed by atoms with E-state index in [1.165, 1.54) is 29.8 Å². The van der Waals surface area contributed by atoms with Gasteiger partial charge in [-0.05, 0) is 47.9 Å². The molecule has 0 radical (unpaired) electrons. The van der Waals surface area contributed by atoms with Crippen LogP contribution in [0.4, 0.5) is 11.4 Å². The molecule has 0 spiro atoms. The number of nitrogens with zero attached hydrogens (tertiary/aromatic N) is 2. The molecule has 0 bridgehead atoms. The fourth-order valence-corrected chi connectivity index (χ4v) is 2.21. The zero-order valence-corrected chi connectivity index (χ0v) is 12.6. The van der Waals surface area contributed by atoms with Crippen LogP contribution in [0.2, 0.25) is 0 Å². The highest BCUT2D eigenvalue weighted by Crippen LogP contribution is 2.22. The maximum atomic E-state index is 10.9. The third kappa shape index (κ3) is 4.21. The lowest BCUT2D eigenvalue weighted by molar-refractivity contribution is 0.483. The highest BCUT2D eigenvalue weighted by molar-refractivity contribution is 7.85. The van der Waals surface area contributed by atoms with Gasteiger partial charge in [-0.2, -0.15) is 18.6 Å². The highest BCUT2D eigenvalue weighted by atomic mass is 32.2. The number of hydrogen-bond donors (Lipinski definition) is 1. The van der Waals surface area contributed by atoms with Crippen LogP contribution in [-0.4, -0.2) is 13.0 Å². The molecule has 2 aromatic rings. The molecule has 0 atom stereocenters. The lowest BCUT2D eigenvalue weighted by Gasteiger charge is -2.03. The molecule has 5 nitrogen and oxygen atoms in total. The van der Waals surface area contributed by atoms with E-state index in [4.69, 9.17) is 4.55 Å². The minimum atomic E-state index is -4.17. The predicted molar refractivity (Wildman–Crippen MR) is 81.0 cm³/mol. The quantitative estimate of drug-likeness (QED) is 0.668. The van der Waals surface area contributed by atoms with Crippen molar-refractivity contribution in [1.82, 2.24) is 0 Å². The molecule has 2 rings (SSSR count). The summed E-state index contributed by atoms with van der Waals surface area (Å²) in [5, 5.41) is 8.10. The highest BCUT2D eigenvalue weighted by Gasteiger charge is 2.08. The Bertz CT molecular complexity index is 733. The van der Waals surface area contributed by atoms with Gasteiger partial charge in [-0.25, -0.2) is 0 Å². The summed E-state index contributed by atoms with van der Waals surface area (Å²) in [5.41, 5.74) is 2.46. The molecule has 0 amide bonds. The number of hydrogen-bond acceptors (Lipinski definition) is 4. The minimum Gasteiger partial charge on any atom is -0.282 e. The van der Waals surface area contributed by atoms with Gasteiger partial charge in [0.15, 0.2) is 0 Å². The molecule has 0 aliphatic carbocycles. The fourth-order valence-electron chi connectivity index (χ4n) is 1.73. The van der Waals surface area contributed by atoms with Gasteiger partial charge in [0.1, 0.15) is 0 Å². The van der Waals surface area contributed by atoms with Crippen LogP contribution >= 0.6 is 0 Å². The Kier molecular flexibility index (Phi) is 4.50. The van der Waals surface area contributed by atoms with Crippen LogP contribution in [0.3, 0.4) is 0 Å². The second kappa shape index (κ2) is 6.15. The van der Waals surface area contributed by atoms with Crippen LogP contribution in [0.1, 0.15) is 25.3 Å². The zero-order chi connectivity index (χ0) is 15.5. The molecule has 0 heterocycles. The Morgan fingerprint density at radius 2 is 1.29 bits per heavy atom. The Hall–Kier alpha value is -2.05. The van der Waals surface area contributed by atoms with Crippen molar-refractivity contribution in [3.63, 3.8) is 0 Å². The van der Waals surface area contributed by atoms with Gasteiger partial charge < -0.3 is 0 Å². The summed E-state index contributed by atoms with van der Waals surface area (Å²) in [6.45, 7) is 4.24. The normalized spacial score (nSPS) is 12.2. The van der Waals surface area contributed by atoms with Crippen LogP contribution in [0.15, 0.2) is 63.7 Å². The van der Waals surface area contributed by atoms with E-state index in [0.717, 1.165) is 5.69 Å². The smallest absolute Gasteiger partial charge is 0.282 e. The molecule has 1 N–H and O–H groups in total. The van der Waals surface area contributed by atoms with E-state index in [1.807, 2.05) is 24.3 Å². The monoisotopic (exact) mass is 304 g/mol. The van der Waals surface area contributed by atoms with Crippen LogP contribution in [0, 0.1) is 0 Å². The minimum absolute atomic E-state index is 0.164. The van der Waals surface area contributed by atoms with E-state index >= 15 is 0 Å². The molecule has 110 valence electrons. The van der Waals surface area contributed by atoms with Crippen molar-refractivity contribution in [2.75, 3.05) is 0 Å². The van der Waals surface area contributed by atoms with Gasteiger partial charge in [-0.3, -0.25) is 4.55 Å². The van der Waals surface area contributed by atoms with Crippen molar-refractivity contribution < 1.29 is 13.0 Å². The molecule has 6 heteroatoms. The van der Waals surface area contributed by atoms with Gasteiger partial charge in [0.05, 0.1) is 16.3 Å². The van der Waals surface area contributed by atoms with Crippen molar-refractivity contribution in [3.8, 4) is 0 Å². The molecule has 0 saturated heterocycles. The Morgan fingerprint density at radius 1 is 0.857 bits per heavy atom. The van der Waals surface area contributed by atoms with Gasteiger partial charge in [0.2, 0.25) is 0 Å². The van der Waals surface area contributed by atoms with E-state index in [-0.39, 0.29) is 4.90 Å². The first-order valence-electron chi connectivity index (χ1n) is 6.45. The topological polar surface area (TPSA) is 79.1 Å². The molecule has 0 saturated carbocycles. The second-order valence-corrected chi connectivity index (χ2v) is 6.34. The maximum Gasteiger partial charge on any atom is 0.294 e. The third-order valence-electron chi connectivity index (χ3n) is 2.98. The number of rotatable bonds is 4.